The van der Waals surface area contributed by atoms with Crippen LogP contribution in [0.5, 0.6) is 11.6 Å². The number of carbonyl (C=O) groups is 1. The van der Waals surface area contributed by atoms with E-state index in [-0.39, 0.29) is 13.4 Å². The summed E-state index contributed by atoms with van der Waals surface area (Å²) in [7, 11) is 3.15. The lowest BCUT2D eigenvalue weighted by molar-refractivity contribution is 0.0518. The average Bonchev–Trinajstić information content (AvgIpc) is 3.56. The maximum atomic E-state index is 11.4. The molecule has 0 aliphatic rings. The van der Waals surface area contributed by atoms with Gasteiger partial charge in [-0.1, -0.05) is 152 Å². The van der Waals surface area contributed by atoms with E-state index in [0.717, 1.165) is 30.8 Å². The lowest BCUT2D eigenvalue weighted by atomic mass is 10.3. The number of esters is 1. The molecule has 0 N–H and O–H groups in total. The molecule has 466 valence electrons. The van der Waals surface area contributed by atoms with Crippen LogP contribution in [0.25, 0.3) is 9.69 Å². The number of methoxy groups -OCH3 is 2. The molecule has 7 aromatic heterocycles. The van der Waals surface area contributed by atoms with Gasteiger partial charge in [0.2, 0.25) is 11.6 Å². The van der Waals surface area contributed by atoms with Crippen LogP contribution >= 0.6 is 93.9 Å². The van der Waals surface area contributed by atoms with Crippen molar-refractivity contribution in [1.29, 1.82) is 0 Å². The third-order valence-electron chi connectivity index (χ3n) is 8.75. The molecule has 0 aliphatic carbocycles. The average molecular weight is 1320 g/mol. The Labute approximate surface area is 549 Å². The van der Waals surface area contributed by atoms with Crippen molar-refractivity contribution >= 4 is 111 Å². The van der Waals surface area contributed by atoms with Crippen molar-refractivity contribution in [2.24, 2.45) is 0 Å². The van der Waals surface area contributed by atoms with E-state index in [1.54, 1.807) is 135 Å². The van der Waals surface area contributed by atoms with Gasteiger partial charge in [0, 0.05) is 89.3 Å². The molecule has 7 aromatic rings. The number of nitrogens with zero attached hydrogens (tertiary/aromatic N) is 10. The molecule has 0 atom stereocenters. The normalized spacial score (nSPS) is 10.1. The zero-order chi connectivity index (χ0) is 63.7. The van der Waals surface area contributed by atoms with Crippen LogP contribution in [0.1, 0.15) is 127 Å². The van der Waals surface area contributed by atoms with Crippen molar-refractivity contribution in [2.75, 3.05) is 20.8 Å². The number of thioether (sulfide) groups is 7. The van der Waals surface area contributed by atoms with Gasteiger partial charge in [-0.15, -0.1) is 75.6 Å². The molecule has 0 bridgehead atoms. The van der Waals surface area contributed by atoms with Crippen LogP contribution in [0.2, 0.25) is 5.15 Å². The maximum Gasteiger partial charge on any atom is 0.356 e. The van der Waals surface area contributed by atoms with E-state index in [1.165, 1.54) is 9.79 Å². The number of hydrogen-bond acceptors (Lipinski definition) is 19. The maximum absolute atomic E-state index is 11.4. The summed E-state index contributed by atoms with van der Waals surface area (Å²) in [5.74, 6) is 1.13. The molecular formula is C64H87ClN10O4S7. The topological polar surface area (TPSA) is 157 Å². The number of halogens is 1. The van der Waals surface area contributed by atoms with E-state index >= 15 is 0 Å². The SMILES string of the molecule is C.CC(C)Sc1ccccn1.CC(C)Sc1ccnc(Cl)c1.CCOC(=O)c1cccc(SC(C)C)n1.COc1ccnc(SC(C)C)n1.Cc1ccc(SC(C)C)cn1.[C-]#[N+]c1ccc(SC(C)C)nc1.[C-]#[N+]c1ncc(SC(C)C)cc1OC. The summed E-state index contributed by atoms with van der Waals surface area (Å²) in [5, 5.41) is 8.12. The Kier molecular flexibility index (Phi) is 44.9. The number of rotatable bonds is 18. The van der Waals surface area contributed by atoms with E-state index in [9.17, 15) is 4.79 Å². The van der Waals surface area contributed by atoms with Crippen LogP contribution in [-0.4, -0.2) is 103 Å². The molecule has 0 aromatic carbocycles. The first-order chi connectivity index (χ1) is 40.4. The van der Waals surface area contributed by atoms with E-state index in [1.807, 2.05) is 91.7 Å². The highest BCUT2D eigenvalue weighted by Crippen LogP contribution is 2.32. The molecule has 0 saturated carbocycles. The summed E-state index contributed by atoms with van der Waals surface area (Å²) in [5.41, 5.74) is 2.06. The summed E-state index contributed by atoms with van der Waals surface area (Å²) in [6, 6.07) is 26.7. The van der Waals surface area contributed by atoms with Crippen LogP contribution in [0.4, 0.5) is 11.5 Å². The quantitative estimate of drug-likeness (QED) is 0.0262. The minimum Gasteiger partial charge on any atom is -0.506 e. The van der Waals surface area contributed by atoms with Crippen molar-refractivity contribution < 1.29 is 19.0 Å². The molecule has 0 spiro atoms. The first kappa shape index (κ1) is 80.8. The van der Waals surface area contributed by atoms with Crippen molar-refractivity contribution in [1.82, 2.24) is 39.9 Å². The number of carbonyl (C=O) groups excluding carboxylic acids is 1. The van der Waals surface area contributed by atoms with E-state index < -0.39 is 0 Å². The molecule has 0 amide bonds. The molecule has 22 heteroatoms. The summed E-state index contributed by atoms with van der Waals surface area (Å²) >= 11 is 17.8. The van der Waals surface area contributed by atoms with Gasteiger partial charge in [-0.2, -0.15) is 4.98 Å². The Balaban J connectivity index is 0.000000982. The minimum absolute atomic E-state index is 0. The van der Waals surface area contributed by atoms with Crippen molar-refractivity contribution in [3.05, 3.63) is 161 Å². The van der Waals surface area contributed by atoms with Crippen molar-refractivity contribution in [3.8, 4) is 11.6 Å². The van der Waals surface area contributed by atoms with Gasteiger partial charge >= 0.3 is 11.8 Å². The van der Waals surface area contributed by atoms with E-state index in [4.69, 9.17) is 39.0 Å². The third-order valence-corrected chi connectivity index (χ3v) is 15.6. The van der Waals surface area contributed by atoms with Gasteiger partial charge in [-0.05, 0) is 74.5 Å². The summed E-state index contributed by atoms with van der Waals surface area (Å²) in [4.78, 5) is 54.3. The van der Waals surface area contributed by atoms with Crippen LogP contribution in [0, 0.1) is 20.1 Å². The number of hydrogen-bond donors (Lipinski definition) is 0. The molecular weight excluding hydrogens is 1230 g/mol. The Morgan fingerprint density at radius 2 is 1.09 bits per heavy atom. The molecule has 0 saturated heterocycles. The third kappa shape index (κ3) is 40.3. The fourth-order valence-electron chi connectivity index (χ4n) is 5.67. The standard InChI is InChI=1S/C11H15NO2S.C10H12N2OS.C9H10N2S.C9H13NS.C8H10ClNS.C8H12N2OS.C8H11NS.CH4/c1-4-14-11(13)9-6-5-7-10(12-9)15-8(2)3;1-7(2)14-8-5-9(13-4)10(11-3)12-6-8;1-7(2)12-9-5-4-8(10-3)6-11-9;1-7(2)11-9-5-4-8(3)10-6-9;1-6(2)11-7-3-4-10-8(9)5-7;1-6(2)12-8-9-5-4-7(10-8)11-3;1-7(2)10-8-5-3-4-6-9-8;/h5-8H,4H2,1-3H3;5-7H,1-2,4H3;4-7H,1-2H3;4-7H,1-3H3;3-6H,1-2H3;4-6H,1-3H3;3-7H,1-2H3;1H4. The summed E-state index contributed by atoms with van der Waals surface area (Å²) in [6.45, 7) is 47.6. The fraction of sp³-hybridized carbons (Fsp3) is 0.422. The zero-order valence-corrected chi connectivity index (χ0v) is 58.6. The zero-order valence-electron chi connectivity index (χ0n) is 52.1. The first-order valence-electron chi connectivity index (χ1n) is 27.3. The Morgan fingerprint density at radius 1 is 0.523 bits per heavy atom. The minimum atomic E-state index is -0.358. The highest BCUT2D eigenvalue weighted by molar-refractivity contribution is 8.01. The van der Waals surface area contributed by atoms with Crippen LogP contribution in [0.3, 0.4) is 0 Å². The van der Waals surface area contributed by atoms with Crippen LogP contribution < -0.4 is 9.47 Å². The van der Waals surface area contributed by atoms with E-state index in [2.05, 4.69) is 153 Å². The largest absolute Gasteiger partial charge is 0.506 e. The second-order valence-corrected chi connectivity index (χ2v) is 30.7. The summed E-state index contributed by atoms with van der Waals surface area (Å²) < 4.78 is 14.9. The number of aromatic nitrogens is 8. The molecule has 0 radical (unpaired) electrons. The Hall–Kier alpha value is -5.23. The molecule has 0 aliphatic heterocycles. The van der Waals surface area contributed by atoms with Gasteiger partial charge < -0.3 is 19.1 Å². The lowest BCUT2D eigenvalue weighted by Gasteiger charge is -2.06. The first-order valence-corrected chi connectivity index (χ1v) is 33.8. The molecule has 7 heterocycles. The van der Waals surface area contributed by atoms with Gasteiger partial charge in [-0.3, -0.25) is 9.97 Å². The van der Waals surface area contributed by atoms with Gasteiger partial charge in [0.05, 0.1) is 47.4 Å². The fourth-order valence-corrected chi connectivity index (χ4v) is 11.4. The Bertz CT molecular complexity index is 3010. The van der Waals surface area contributed by atoms with Crippen molar-refractivity contribution in [3.63, 3.8) is 0 Å². The monoisotopic (exact) mass is 1320 g/mol. The predicted molar refractivity (Wildman–Crippen MR) is 372 cm³/mol. The highest BCUT2D eigenvalue weighted by Gasteiger charge is 2.11. The second kappa shape index (κ2) is 47.8. The van der Waals surface area contributed by atoms with Gasteiger partial charge in [-0.25, -0.2) is 29.6 Å². The van der Waals surface area contributed by atoms with Crippen LogP contribution in [-0.2, 0) is 4.74 Å². The molecule has 0 fully saturated rings. The lowest BCUT2D eigenvalue weighted by Crippen LogP contribution is -2.07. The number of ether oxygens (including phenoxy) is 3. The van der Waals surface area contributed by atoms with E-state index in [0.29, 0.717) is 77.3 Å². The molecule has 86 heavy (non-hydrogen) atoms. The Morgan fingerprint density at radius 3 is 1.59 bits per heavy atom. The van der Waals surface area contributed by atoms with Crippen molar-refractivity contribution in [2.45, 2.75) is 190 Å². The van der Waals surface area contributed by atoms with Gasteiger partial charge in [0.25, 0.3) is 0 Å². The van der Waals surface area contributed by atoms with Gasteiger partial charge in [0.15, 0.2) is 5.16 Å². The molecule has 7 rings (SSSR count). The number of pyridine rings is 6. The summed E-state index contributed by atoms with van der Waals surface area (Å²) in [6.07, 6.45) is 10.5. The molecule has 14 nitrogen and oxygen atoms in total. The highest BCUT2D eigenvalue weighted by atomic mass is 35.5. The smallest absolute Gasteiger partial charge is 0.356 e. The second-order valence-electron chi connectivity index (χ2n) is 19.0. The van der Waals surface area contributed by atoms with Gasteiger partial charge in [0.1, 0.15) is 22.8 Å². The number of aryl methyl sites for hydroxylation is 1. The van der Waals surface area contributed by atoms with Crippen LogP contribution in [0.15, 0.2) is 157 Å². The molecule has 0 unspecified atom stereocenters. The predicted octanol–water partition coefficient (Wildman–Crippen LogP) is 20.4.